The number of carbonyl (C=O) groups is 1. The highest BCUT2D eigenvalue weighted by Gasteiger charge is 2.18. The zero-order chi connectivity index (χ0) is 12.3. The van der Waals surface area contributed by atoms with E-state index in [4.69, 9.17) is 0 Å². The second-order valence-corrected chi connectivity index (χ2v) is 5.61. The van der Waals surface area contributed by atoms with E-state index < -0.39 is 0 Å². The third-order valence-electron chi connectivity index (χ3n) is 3.22. The molecule has 0 unspecified atom stereocenters. The first-order valence-electron chi connectivity index (χ1n) is 6.17. The Morgan fingerprint density at radius 3 is 2.47 bits per heavy atom. The topological polar surface area (TPSA) is 62.0 Å². The van der Waals surface area contributed by atoms with Crippen molar-refractivity contribution in [3.8, 4) is 0 Å². The van der Waals surface area contributed by atoms with Crippen molar-refractivity contribution >= 4 is 17.2 Å². The van der Waals surface area contributed by atoms with Gasteiger partial charge in [0.15, 0.2) is 0 Å². The number of aryl methyl sites for hydroxylation is 1. The van der Waals surface area contributed by atoms with Crippen molar-refractivity contribution in [2.24, 2.45) is 0 Å². The van der Waals surface area contributed by atoms with E-state index in [0.29, 0.717) is 10.6 Å². The summed E-state index contributed by atoms with van der Waals surface area (Å²) < 4.78 is 0. The second-order valence-electron chi connectivity index (χ2n) is 4.63. The number of nitrogens with one attached hydrogen (secondary N) is 2. The van der Waals surface area contributed by atoms with Crippen LogP contribution in [0.15, 0.2) is 4.79 Å². The Balaban J connectivity index is 2.00. The van der Waals surface area contributed by atoms with Gasteiger partial charge in [-0.2, -0.15) is 0 Å². The predicted octanol–water partition coefficient (Wildman–Crippen LogP) is 2.20. The van der Waals surface area contributed by atoms with Crippen LogP contribution in [0.5, 0.6) is 0 Å². The van der Waals surface area contributed by atoms with Gasteiger partial charge >= 0.3 is 4.87 Å². The minimum absolute atomic E-state index is 0.0993. The van der Waals surface area contributed by atoms with Crippen LogP contribution in [0.3, 0.4) is 0 Å². The van der Waals surface area contributed by atoms with Gasteiger partial charge in [-0.15, -0.1) is 0 Å². The molecule has 0 radical (unpaired) electrons. The maximum atomic E-state index is 12.0. The number of hydrogen-bond donors (Lipinski definition) is 2. The van der Waals surface area contributed by atoms with E-state index in [-0.39, 0.29) is 16.8 Å². The largest absolute Gasteiger partial charge is 0.349 e. The van der Waals surface area contributed by atoms with Crippen molar-refractivity contribution in [2.75, 3.05) is 0 Å². The number of aromatic amines is 1. The molecule has 2 N–H and O–H groups in total. The third-order valence-corrected chi connectivity index (χ3v) is 4.20. The van der Waals surface area contributed by atoms with Gasteiger partial charge in [-0.25, -0.2) is 0 Å². The van der Waals surface area contributed by atoms with Gasteiger partial charge in [0, 0.05) is 11.7 Å². The minimum atomic E-state index is -0.159. The van der Waals surface area contributed by atoms with E-state index in [1.54, 1.807) is 6.92 Å². The first kappa shape index (κ1) is 12.4. The highest BCUT2D eigenvalue weighted by molar-refractivity contribution is 7.11. The normalized spacial score (nSPS) is 17.7. The molecule has 1 aliphatic rings. The zero-order valence-corrected chi connectivity index (χ0v) is 10.9. The monoisotopic (exact) mass is 254 g/mol. The Labute approximate surface area is 104 Å². The number of aromatic nitrogens is 1. The SMILES string of the molecule is Cc1[nH]c(=O)sc1C(=O)NC1CCCCCC1. The highest BCUT2D eigenvalue weighted by atomic mass is 32.1. The number of H-pyrrole nitrogens is 1. The summed E-state index contributed by atoms with van der Waals surface area (Å²) in [6.07, 6.45) is 7.03. The summed E-state index contributed by atoms with van der Waals surface area (Å²) in [6, 6.07) is 0.279. The lowest BCUT2D eigenvalue weighted by molar-refractivity contribution is 0.0936. The first-order valence-corrected chi connectivity index (χ1v) is 6.99. The average Bonchev–Trinajstić information content (AvgIpc) is 2.51. The van der Waals surface area contributed by atoms with Crippen LogP contribution in [0.2, 0.25) is 0 Å². The summed E-state index contributed by atoms with van der Waals surface area (Å²) in [4.78, 5) is 26.2. The molecule has 0 saturated heterocycles. The van der Waals surface area contributed by atoms with E-state index in [2.05, 4.69) is 10.3 Å². The van der Waals surface area contributed by atoms with E-state index in [1.165, 1.54) is 25.7 Å². The predicted molar refractivity (Wildman–Crippen MR) is 68.6 cm³/mol. The zero-order valence-electron chi connectivity index (χ0n) is 10.0. The van der Waals surface area contributed by atoms with Gasteiger partial charge in [-0.1, -0.05) is 37.0 Å². The molecule has 4 nitrogen and oxygen atoms in total. The van der Waals surface area contributed by atoms with Crippen LogP contribution in [-0.4, -0.2) is 16.9 Å². The molecule has 1 aliphatic carbocycles. The standard InChI is InChI=1S/C12H18N2O2S/c1-8-10(17-12(16)13-8)11(15)14-9-6-4-2-3-5-7-9/h9H,2-7H2,1H3,(H,13,16)(H,14,15). The summed E-state index contributed by atoms with van der Waals surface area (Å²) in [5.41, 5.74) is 0.672. The smallest absolute Gasteiger partial charge is 0.305 e. The Morgan fingerprint density at radius 1 is 1.29 bits per heavy atom. The lowest BCUT2D eigenvalue weighted by Gasteiger charge is -2.15. The summed E-state index contributed by atoms with van der Waals surface area (Å²) >= 11 is 0.993. The molecule has 0 bridgehead atoms. The molecule has 1 saturated carbocycles. The lowest BCUT2D eigenvalue weighted by Crippen LogP contribution is -2.34. The molecule has 1 aromatic rings. The van der Waals surface area contributed by atoms with Gasteiger partial charge in [-0.3, -0.25) is 9.59 Å². The molecule has 2 rings (SSSR count). The molecule has 0 spiro atoms. The van der Waals surface area contributed by atoms with Crippen molar-refractivity contribution < 1.29 is 4.79 Å². The van der Waals surface area contributed by atoms with Crippen LogP contribution in [0, 0.1) is 6.92 Å². The van der Waals surface area contributed by atoms with E-state index in [9.17, 15) is 9.59 Å². The molecule has 94 valence electrons. The van der Waals surface area contributed by atoms with Crippen LogP contribution in [0.25, 0.3) is 0 Å². The van der Waals surface area contributed by atoms with Gasteiger partial charge in [0.25, 0.3) is 5.91 Å². The van der Waals surface area contributed by atoms with Crippen molar-refractivity contribution in [2.45, 2.75) is 51.5 Å². The van der Waals surface area contributed by atoms with E-state index in [0.717, 1.165) is 24.2 Å². The van der Waals surface area contributed by atoms with Crippen molar-refractivity contribution in [3.63, 3.8) is 0 Å². The second kappa shape index (κ2) is 5.49. The number of hydrogen-bond acceptors (Lipinski definition) is 3. The van der Waals surface area contributed by atoms with Crippen LogP contribution in [0.4, 0.5) is 0 Å². The quantitative estimate of drug-likeness (QED) is 0.795. The molecular weight excluding hydrogens is 236 g/mol. The summed E-state index contributed by atoms with van der Waals surface area (Å²) in [5.74, 6) is -0.0993. The maximum Gasteiger partial charge on any atom is 0.305 e. The molecule has 1 heterocycles. The van der Waals surface area contributed by atoms with Gasteiger partial charge in [0.1, 0.15) is 4.88 Å². The first-order chi connectivity index (χ1) is 8.16. The van der Waals surface area contributed by atoms with Crippen LogP contribution >= 0.6 is 11.3 Å². The Bertz CT molecular complexity index is 442. The molecule has 17 heavy (non-hydrogen) atoms. The molecule has 5 heteroatoms. The highest BCUT2D eigenvalue weighted by Crippen LogP contribution is 2.18. The van der Waals surface area contributed by atoms with Crippen LogP contribution in [0.1, 0.15) is 53.9 Å². The fraction of sp³-hybridized carbons (Fsp3) is 0.667. The fourth-order valence-electron chi connectivity index (χ4n) is 2.30. The summed E-state index contributed by atoms with van der Waals surface area (Å²) in [7, 11) is 0. The van der Waals surface area contributed by atoms with Crippen molar-refractivity contribution in [1.82, 2.24) is 10.3 Å². The number of rotatable bonds is 2. The van der Waals surface area contributed by atoms with Gasteiger partial charge in [0.05, 0.1) is 0 Å². The van der Waals surface area contributed by atoms with Crippen molar-refractivity contribution in [3.05, 3.63) is 20.2 Å². The minimum Gasteiger partial charge on any atom is -0.349 e. The molecule has 1 aromatic heterocycles. The number of thiazole rings is 1. The van der Waals surface area contributed by atoms with Gasteiger partial charge in [0.2, 0.25) is 0 Å². The molecular formula is C12H18N2O2S. The average molecular weight is 254 g/mol. The number of amides is 1. The molecule has 1 fully saturated rings. The lowest BCUT2D eigenvalue weighted by atomic mass is 10.1. The van der Waals surface area contributed by atoms with Gasteiger partial charge < -0.3 is 10.3 Å². The summed E-state index contributed by atoms with van der Waals surface area (Å²) in [5, 5.41) is 3.04. The van der Waals surface area contributed by atoms with Crippen LogP contribution < -0.4 is 10.2 Å². The Kier molecular flexibility index (Phi) is 3.99. The maximum absolute atomic E-state index is 12.0. The Hall–Kier alpha value is -1.10. The Morgan fingerprint density at radius 2 is 1.94 bits per heavy atom. The number of carbonyl (C=O) groups excluding carboxylic acids is 1. The van der Waals surface area contributed by atoms with E-state index in [1.807, 2.05) is 0 Å². The van der Waals surface area contributed by atoms with E-state index >= 15 is 0 Å². The molecule has 0 atom stereocenters. The van der Waals surface area contributed by atoms with Crippen molar-refractivity contribution in [1.29, 1.82) is 0 Å². The van der Waals surface area contributed by atoms with Crippen LogP contribution in [-0.2, 0) is 0 Å². The molecule has 0 aromatic carbocycles. The fourth-order valence-corrected chi connectivity index (χ4v) is 3.04. The summed E-state index contributed by atoms with van der Waals surface area (Å²) in [6.45, 7) is 1.76. The third kappa shape index (κ3) is 3.19. The molecule has 1 amide bonds. The van der Waals surface area contributed by atoms with Gasteiger partial charge in [-0.05, 0) is 19.8 Å². The molecule has 0 aliphatic heterocycles.